The van der Waals surface area contributed by atoms with Gasteiger partial charge in [-0.25, -0.2) is 15.0 Å². The second kappa shape index (κ2) is 6.17. The van der Waals surface area contributed by atoms with Gasteiger partial charge in [-0.3, -0.25) is 0 Å². The van der Waals surface area contributed by atoms with Gasteiger partial charge in [0, 0.05) is 11.8 Å². The van der Waals surface area contributed by atoms with E-state index < -0.39 is 0 Å². The third-order valence-electron chi connectivity index (χ3n) is 4.25. The van der Waals surface area contributed by atoms with Crippen LogP contribution in [0.15, 0.2) is 42.6 Å². The van der Waals surface area contributed by atoms with Crippen molar-refractivity contribution in [2.75, 3.05) is 5.73 Å². The van der Waals surface area contributed by atoms with Crippen molar-refractivity contribution in [3.05, 3.63) is 53.9 Å². The molecule has 0 spiro atoms. The lowest BCUT2D eigenvalue weighted by Gasteiger charge is -2.03. The van der Waals surface area contributed by atoms with E-state index in [1.54, 1.807) is 17.5 Å². The van der Waals surface area contributed by atoms with Crippen molar-refractivity contribution in [3.8, 4) is 21.1 Å². The fraction of sp³-hybridized carbons (Fsp3) is 0.211. The molecule has 0 atom stereocenters. The summed E-state index contributed by atoms with van der Waals surface area (Å²) in [5.74, 6) is 0.288. The number of thiazole rings is 1. The van der Waals surface area contributed by atoms with E-state index in [1.807, 2.05) is 13.0 Å². The molecule has 2 heterocycles. The van der Waals surface area contributed by atoms with E-state index in [0.717, 1.165) is 26.8 Å². The van der Waals surface area contributed by atoms with Crippen molar-refractivity contribution in [1.82, 2.24) is 15.0 Å². The maximum atomic E-state index is 5.70. The molecule has 2 aromatic heterocycles. The molecule has 1 aliphatic carbocycles. The summed E-state index contributed by atoms with van der Waals surface area (Å²) in [6, 6.07) is 10.6. The Labute approximate surface area is 145 Å². The summed E-state index contributed by atoms with van der Waals surface area (Å²) in [4.78, 5) is 14.0. The number of aromatic nitrogens is 3. The number of hydrogen-bond donors (Lipinski definition) is 1. The molecule has 0 aliphatic heterocycles. The van der Waals surface area contributed by atoms with Gasteiger partial charge in [-0.15, -0.1) is 11.3 Å². The molecule has 3 aromatic rings. The van der Waals surface area contributed by atoms with Gasteiger partial charge in [-0.1, -0.05) is 30.3 Å². The van der Waals surface area contributed by atoms with Gasteiger partial charge in [-0.05, 0) is 43.4 Å². The van der Waals surface area contributed by atoms with Gasteiger partial charge in [0.25, 0.3) is 0 Å². The van der Waals surface area contributed by atoms with Crippen LogP contribution in [0.5, 0.6) is 0 Å². The minimum absolute atomic E-state index is 0.288. The van der Waals surface area contributed by atoms with Gasteiger partial charge in [0.2, 0.25) is 5.95 Å². The molecule has 1 aliphatic rings. The predicted molar refractivity (Wildman–Crippen MR) is 99.6 cm³/mol. The Morgan fingerprint density at radius 1 is 1.04 bits per heavy atom. The average Bonchev–Trinajstić information content (AvgIpc) is 3.25. The minimum atomic E-state index is 0.288. The number of nitrogens with zero attached hydrogens (tertiary/aromatic N) is 3. The number of nitrogen functional groups attached to an aromatic ring is 1. The quantitative estimate of drug-likeness (QED) is 0.752. The Bertz CT molecular complexity index is 909. The molecule has 4 rings (SSSR count). The first-order chi connectivity index (χ1) is 11.7. The summed E-state index contributed by atoms with van der Waals surface area (Å²) >= 11 is 1.64. The standard InChI is InChI=1S/C19H18N4S/c1-12-17(16-10-11-21-19(20)23-16)24-18(22-12)15-8-6-14(7-9-15)13-4-2-3-5-13/h4,6-11H,2-3,5H2,1H3,(H2,20,21,23). The van der Waals surface area contributed by atoms with Crippen LogP contribution in [0.1, 0.15) is 30.5 Å². The molecule has 0 radical (unpaired) electrons. The molecule has 0 amide bonds. The largest absolute Gasteiger partial charge is 0.368 e. The minimum Gasteiger partial charge on any atom is -0.368 e. The lowest BCUT2D eigenvalue weighted by Crippen LogP contribution is -1.94. The van der Waals surface area contributed by atoms with Gasteiger partial charge in [-0.2, -0.15) is 0 Å². The smallest absolute Gasteiger partial charge is 0.220 e. The molecule has 0 fully saturated rings. The number of hydrogen-bond acceptors (Lipinski definition) is 5. The van der Waals surface area contributed by atoms with Crippen molar-refractivity contribution in [2.45, 2.75) is 26.2 Å². The van der Waals surface area contributed by atoms with E-state index in [4.69, 9.17) is 10.7 Å². The highest BCUT2D eigenvalue weighted by atomic mass is 32.1. The van der Waals surface area contributed by atoms with E-state index in [9.17, 15) is 0 Å². The molecule has 0 saturated heterocycles. The molecule has 0 bridgehead atoms. The molecule has 120 valence electrons. The molecule has 4 nitrogen and oxygen atoms in total. The van der Waals surface area contributed by atoms with Crippen LogP contribution in [0.4, 0.5) is 5.95 Å². The van der Waals surface area contributed by atoms with Crippen LogP contribution < -0.4 is 5.73 Å². The summed E-state index contributed by atoms with van der Waals surface area (Å²) in [5, 5.41) is 1.01. The number of benzene rings is 1. The predicted octanol–water partition coefficient (Wildman–Crippen LogP) is 4.73. The van der Waals surface area contributed by atoms with Gasteiger partial charge in [0.05, 0.1) is 16.3 Å². The number of aryl methyl sites for hydroxylation is 1. The van der Waals surface area contributed by atoms with Gasteiger partial charge < -0.3 is 5.73 Å². The Kier molecular flexibility index (Phi) is 3.86. The number of anilines is 1. The fourth-order valence-electron chi connectivity index (χ4n) is 3.02. The molecular formula is C19H18N4S. The van der Waals surface area contributed by atoms with Gasteiger partial charge >= 0.3 is 0 Å². The molecule has 0 saturated carbocycles. The van der Waals surface area contributed by atoms with E-state index in [0.29, 0.717) is 0 Å². The van der Waals surface area contributed by atoms with Crippen LogP contribution in [0, 0.1) is 6.92 Å². The van der Waals surface area contributed by atoms with E-state index in [1.165, 1.54) is 30.4 Å². The first kappa shape index (κ1) is 15.0. The Balaban J connectivity index is 1.66. The van der Waals surface area contributed by atoms with E-state index in [2.05, 4.69) is 40.3 Å². The van der Waals surface area contributed by atoms with Crippen LogP contribution in [0.3, 0.4) is 0 Å². The van der Waals surface area contributed by atoms with Crippen LogP contribution in [0.2, 0.25) is 0 Å². The number of rotatable bonds is 3. The second-order valence-corrected chi connectivity index (χ2v) is 6.93. The molecular weight excluding hydrogens is 316 g/mol. The van der Waals surface area contributed by atoms with Crippen molar-refractivity contribution < 1.29 is 0 Å². The fourth-order valence-corrected chi connectivity index (χ4v) is 4.06. The van der Waals surface area contributed by atoms with Gasteiger partial charge in [0.15, 0.2) is 0 Å². The Morgan fingerprint density at radius 3 is 2.54 bits per heavy atom. The highest BCUT2D eigenvalue weighted by Crippen LogP contribution is 2.35. The second-order valence-electron chi connectivity index (χ2n) is 5.93. The van der Waals surface area contributed by atoms with E-state index in [-0.39, 0.29) is 5.95 Å². The maximum Gasteiger partial charge on any atom is 0.220 e. The highest BCUT2D eigenvalue weighted by molar-refractivity contribution is 7.18. The zero-order valence-electron chi connectivity index (χ0n) is 13.5. The third kappa shape index (κ3) is 2.83. The molecule has 5 heteroatoms. The van der Waals surface area contributed by atoms with E-state index >= 15 is 0 Å². The summed E-state index contributed by atoms with van der Waals surface area (Å²) in [7, 11) is 0. The molecule has 0 unspecified atom stereocenters. The lowest BCUT2D eigenvalue weighted by atomic mass is 10.0. The first-order valence-electron chi connectivity index (χ1n) is 8.07. The molecule has 24 heavy (non-hydrogen) atoms. The monoisotopic (exact) mass is 334 g/mol. The summed E-state index contributed by atoms with van der Waals surface area (Å²) in [6.07, 6.45) is 7.69. The van der Waals surface area contributed by atoms with Crippen molar-refractivity contribution in [2.24, 2.45) is 0 Å². The number of allylic oxidation sites excluding steroid dienone is 2. The zero-order chi connectivity index (χ0) is 16.5. The first-order valence-corrected chi connectivity index (χ1v) is 8.88. The van der Waals surface area contributed by atoms with Crippen LogP contribution in [-0.2, 0) is 0 Å². The number of nitrogens with two attached hydrogens (primary N) is 1. The molecule has 1 aromatic carbocycles. The summed E-state index contributed by atoms with van der Waals surface area (Å²) < 4.78 is 0. The lowest BCUT2D eigenvalue weighted by molar-refractivity contribution is 0.935. The molecule has 2 N–H and O–H groups in total. The van der Waals surface area contributed by atoms with Crippen molar-refractivity contribution in [3.63, 3.8) is 0 Å². The Hall–Kier alpha value is -2.53. The highest BCUT2D eigenvalue weighted by Gasteiger charge is 2.13. The Morgan fingerprint density at radius 2 is 1.83 bits per heavy atom. The van der Waals surface area contributed by atoms with Crippen molar-refractivity contribution in [1.29, 1.82) is 0 Å². The third-order valence-corrected chi connectivity index (χ3v) is 5.48. The zero-order valence-corrected chi connectivity index (χ0v) is 14.3. The summed E-state index contributed by atoms with van der Waals surface area (Å²) in [6.45, 7) is 2.01. The van der Waals surface area contributed by atoms with Crippen LogP contribution in [0.25, 0.3) is 26.7 Å². The summed E-state index contributed by atoms with van der Waals surface area (Å²) in [5.41, 5.74) is 11.4. The average molecular weight is 334 g/mol. The normalized spacial score (nSPS) is 14.0. The maximum absolute atomic E-state index is 5.70. The van der Waals surface area contributed by atoms with Crippen molar-refractivity contribution >= 4 is 22.9 Å². The van der Waals surface area contributed by atoms with Crippen LogP contribution in [-0.4, -0.2) is 15.0 Å². The van der Waals surface area contributed by atoms with Gasteiger partial charge in [0.1, 0.15) is 5.01 Å². The topological polar surface area (TPSA) is 64.7 Å². The SMILES string of the molecule is Cc1nc(-c2ccc(C3=CCCC3)cc2)sc1-c1ccnc(N)n1. The van der Waals surface area contributed by atoms with Crippen LogP contribution >= 0.6 is 11.3 Å².